The zero-order valence-corrected chi connectivity index (χ0v) is 10.3. The van der Waals surface area contributed by atoms with Crippen molar-refractivity contribution < 1.29 is 0 Å². The van der Waals surface area contributed by atoms with Gasteiger partial charge in [-0.2, -0.15) is 0 Å². The minimum atomic E-state index is 0.225. The van der Waals surface area contributed by atoms with E-state index < -0.39 is 0 Å². The Hall–Kier alpha value is -0.850. The minimum absolute atomic E-state index is 0.225. The Bertz CT molecular complexity index is 356. The molecule has 1 aliphatic rings. The molecule has 1 heterocycles. The Morgan fingerprint density at radius 1 is 1.27 bits per heavy atom. The number of hydrogen-bond acceptors (Lipinski definition) is 1. The zero-order chi connectivity index (χ0) is 11.1. The standard InChI is InChI=1S/C14H21N/c1-10-8-9-15-13(11-6-5-7-11)12(10)14(2,3)4/h8-9,11H,5-7H2,1-4H3. The summed E-state index contributed by atoms with van der Waals surface area (Å²) in [5, 5.41) is 0. The van der Waals surface area contributed by atoms with Gasteiger partial charge in [-0.25, -0.2) is 0 Å². The lowest BCUT2D eigenvalue weighted by atomic mass is 9.74. The maximum Gasteiger partial charge on any atom is 0.0474 e. The summed E-state index contributed by atoms with van der Waals surface area (Å²) in [6.07, 6.45) is 6.02. The van der Waals surface area contributed by atoms with E-state index in [0.717, 1.165) is 5.92 Å². The average Bonchev–Trinajstić information content (AvgIpc) is 1.97. The van der Waals surface area contributed by atoms with Gasteiger partial charge < -0.3 is 0 Å². The van der Waals surface area contributed by atoms with Crippen LogP contribution in [0.15, 0.2) is 12.3 Å². The Kier molecular flexibility index (Phi) is 2.57. The van der Waals surface area contributed by atoms with Crippen LogP contribution in [-0.2, 0) is 5.41 Å². The fraction of sp³-hybridized carbons (Fsp3) is 0.643. The fourth-order valence-electron chi connectivity index (χ4n) is 2.55. The molecule has 0 N–H and O–H groups in total. The van der Waals surface area contributed by atoms with E-state index in [-0.39, 0.29) is 5.41 Å². The third-order valence-electron chi connectivity index (χ3n) is 3.43. The molecule has 0 amide bonds. The molecule has 0 radical (unpaired) electrons. The smallest absolute Gasteiger partial charge is 0.0474 e. The van der Waals surface area contributed by atoms with Crippen LogP contribution in [0.2, 0.25) is 0 Å². The molecule has 1 aromatic heterocycles. The zero-order valence-electron chi connectivity index (χ0n) is 10.3. The van der Waals surface area contributed by atoms with Crippen molar-refractivity contribution in [3.8, 4) is 0 Å². The van der Waals surface area contributed by atoms with Crippen molar-refractivity contribution in [3.63, 3.8) is 0 Å². The molecule has 0 unspecified atom stereocenters. The highest BCUT2D eigenvalue weighted by Gasteiger charge is 2.28. The van der Waals surface area contributed by atoms with E-state index in [2.05, 4.69) is 38.7 Å². The van der Waals surface area contributed by atoms with Crippen molar-refractivity contribution in [3.05, 3.63) is 29.1 Å². The summed E-state index contributed by atoms with van der Waals surface area (Å²) in [5.74, 6) is 0.735. The van der Waals surface area contributed by atoms with Crippen LogP contribution < -0.4 is 0 Å². The van der Waals surface area contributed by atoms with Gasteiger partial charge in [0, 0.05) is 17.8 Å². The molecule has 0 bridgehead atoms. The van der Waals surface area contributed by atoms with Crippen molar-refractivity contribution in [2.24, 2.45) is 0 Å². The monoisotopic (exact) mass is 203 g/mol. The lowest BCUT2D eigenvalue weighted by Gasteiger charge is -2.32. The van der Waals surface area contributed by atoms with E-state index in [1.54, 1.807) is 0 Å². The van der Waals surface area contributed by atoms with Crippen LogP contribution in [-0.4, -0.2) is 4.98 Å². The van der Waals surface area contributed by atoms with E-state index in [0.29, 0.717) is 0 Å². The van der Waals surface area contributed by atoms with Crippen LogP contribution in [0.5, 0.6) is 0 Å². The SMILES string of the molecule is Cc1ccnc(C2CCC2)c1C(C)(C)C. The maximum atomic E-state index is 4.63. The van der Waals surface area contributed by atoms with Crippen molar-refractivity contribution in [1.82, 2.24) is 4.98 Å². The minimum Gasteiger partial charge on any atom is -0.261 e. The molecule has 1 aliphatic carbocycles. The number of aromatic nitrogens is 1. The van der Waals surface area contributed by atoms with Gasteiger partial charge in [0.15, 0.2) is 0 Å². The van der Waals surface area contributed by atoms with Gasteiger partial charge in [-0.1, -0.05) is 27.2 Å². The Labute approximate surface area is 92.9 Å². The normalized spacial score (nSPS) is 17.6. The van der Waals surface area contributed by atoms with Crippen molar-refractivity contribution >= 4 is 0 Å². The van der Waals surface area contributed by atoms with E-state index in [1.165, 1.54) is 36.1 Å². The highest BCUT2D eigenvalue weighted by atomic mass is 14.7. The van der Waals surface area contributed by atoms with Crippen LogP contribution in [0.1, 0.15) is 62.8 Å². The predicted molar refractivity (Wildman–Crippen MR) is 64.3 cm³/mol. The largest absolute Gasteiger partial charge is 0.261 e. The van der Waals surface area contributed by atoms with E-state index in [9.17, 15) is 0 Å². The van der Waals surface area contributed by atoms with Crippen molar-refractivity contribution in [2.45, 2.75) is 58.3 Å². The van der Waals surface area contributed by atoms with Crippen molar-refractivity contribution in [2.75, 3.05) is 0 Å². The molecule has 1 saturated carbocycles. The van der Waals surface area contributed by atoms with E-state index >= 15 is 0 Å². The molecule has 0 aliphatic heterocycles. The summed E-state index contributed by atoms with van der Waals surface area (Å²) in [5.41, 5.74) is 4.48. The fourth-order valence-corrected chi connectivity index (χ4v) is 2.55. The number of hydrogen-bond donors (Lipinski definition) is 0. The first kappa shape index (κ1) is 10.7. The summed E-state index contributed by atoms with van der Waals surface area (Å²) < 4.78 is 0. The number of rotatable bonds is 1. The molecule has 1 heteroatoms. The molecule has 0 spiro atoms. The van der Waals surface area contributed by atoms with Gasteiger partial charge in [0.05, 0.1) is 0 Å². The third kappa shape index (κ3) is 1.92. The second kappa shape index (κ2) is 3.62. The van der Waals surface area contributed by atoms with Gasteiger partial charge in [0.1, 0.15) is 0 Å². The highest BCUT2D eigenvalue weighted by Crippen LogP contribution is 2.40. The van der Waals surface area contributed by atoms with Crippen LogP contribution >= 0.6 is 0 Å². The van der Waals surface area contributed by atoms with E-state index in [1.807, 2.05) is 6.20 Å². The molecular formula is C14H21N. The van der Waals surface area contributed by atoms with Gasteiger partial charge in [0.25, 0.3) is 0 Å². The number of pyridine rings is 1. The summed E-state index contributed by atoms with van der Waals surface area (Å²) in [6, 6.07) is 2.14. The van der Waals surface area contributed by atoms with E-state index in [4.69, 9.17) is 0 Å². The van der Waals surface area contributed by atoms with Gasteiger partial charge in [-0.15, -0.1) is 0 Å². The predicted octanol–water partition coefficient (Wildman–Crippen LogP) is 3.96. The molecule has 2 rings (SSSR count). The first-order valence-electron chi connectivity index (χ1n) is 5.96. The lowest BCUT2D eigenvalue weighted by molar-refractivity contribution is 0.400. The van der Waals surface area contributed by atoms with Gasteiger partial charge in [0.2, 0.25) is 0 Å². The molecule has 0 atom stereocenters. The second-order valence-electron chi connectivity index (χ2n) is 5.77. The number of nitrogens with zero attached hydrogens (tertiary/aromatic N) is 1. The van der Waals surface area contributed by atoms with Crippen LogP contribution in [0.4, 0.5) is 0 Å². The molecule has 1 aromatic rings. The lowest BCUT2D eigenvalue weighted by Crippen LogP contribution is -2.22. The number of aryl methyl sites for hydroxylation is 1. The molecule has 0 aromatic carbocycles. The van der Waals surface area contributed by atoms with Gasteiger partial charge in [-0.3, -0.25) is 4.98 Å². The Morgan fingerprint density at radius 3 is 2.40 bits per heavy atom. The quantitative estimate of drug-likeness (QED) is 0.673. The second-order valence-corrected chi connectivity index (χ2v) is 5.77. The van der Waals surface area contributed by atoms with Crippen LogP contribution in [0, 0.1) is 6.92 Å². The van der Waals surface area contributed by atoms with Crippen molar-refractivity contribution in [1.29, 1.82) is 0 Å². The molecule has 0 saturated heterocycles. The summed E-state index contributed by atoms with van der Waals surface area (Å²) in [7, 11) is 0. The Morgan fingerprint density at radius 2 is 1.93 bits per heavy atom. The first-order valence-corrected chi connectivity index (χ1v) is 5.96. The van der Waals surface area contributed by atoms with Gasteiger partial charge >= 0.3 is 0 Å². The van der Waals surface area contributed by atoms with Crippen LogP contribution in [0.3, 0.4) is 0 Å². The summed E-state index contributed by atoms with van der Waals surface area (Å²) in [4.78, 5) is 4.63. The molecular weight excluding hydrogens is 182 g/mol. The summed E-state index contributed by atoms with van der Waals surface area (Å²) >= 11 is 0. The maximum absolute atomic E-state index is 4.63. The molecule has 1 fully saturated rings. The average molecular weight is 203 g/mol. The first-order chi connectivity index (χ1) is 7.00. The third-order valence-corrected chi connectivity index (χ3v) is 3.43. The van der Waals surface area contributed by atoms with Crippen LogP contribution in [0.25, 0.3) is 0 Å². The molecule has 82 valence electrons. The molecule has 1 nitrogen and oxygen atoms in total. The van der Waals surface area contributed by atoms with Gasteiger partial charge in [-0.05, 0) is 42.4 Å². The molecule has 15 heavy (non-hydrogen) atoms. The highest BCUT2D eigenvalue weighted by molar-refractivity contribution is 5.37. The summed E-state index contributed by atoms with van der Waals surface area (Å²) in [6.45, 7) is 9.09. The Balaban J connectivity index is 2.48. The topological polar surface area (TPSA) is 12.9 Å².